The van der Waals surface area contributed by atoms with Crippen LogP contribution in [0.5, 0.6) is 0 Å². The summed E-state index contributed by atoms with van der Waals surface area (Å²) < 4.78 is 34.3. The molecule has 1 rings (SSSR count). The van der Waals surface area contributed by atoms with Gasteiger partial charge in [-0.1, -0.05) is 31.7 Å². The van der Waals surface area contributed by atoms with E-state index in [0.29, 0.717) is 5.56 Å². The summed E-state index contributed by atoms with van der Waals surface area (Å²) in [6, 6.07) is 4.68. The molecule has 1 unspecified atom stereocenters. The molecule has 0 bridgehead atoms. The summed E-state index contributed by atoms with van der Waals surface area (Å²) in [4.78, 5) is 46.6. The predicted molar refractivity (Wildman–Crippen MR) is 102 cm³/mol. The lowest BCUT2D eigenvalue weighted by molar-refractivity contribution is -0.143. The summed E-state index contributed by atoms with van der Waals surface area (Å²) in [6.45, 7) is 5.02. The third-order valence-corrected chi connectivity index (χ3v) is 3.47. The van der Waals surface area contributed by atoms with Crippen LogP contribution in [0.4, 0.5) is 13.6 Å². The van der Waals surface area contributed by atoms with Crippen LogP contribution in [0, 0.1) is 0 Å². The standard InChI is InChI=1S/C19H23F2NO6.CH4/c1-19(2,3)28-18(26)22-13(17(25)27-4)9-11-5-7-12(8-6-11)14(23)10-15(24)16(20)21;/h5-8,13,16H,9-10H2,1-4H3,(H,22,26);1H4. The van der Waals surface area contributed by atoms with E-state index in [4.69, 9.17) is 4.74 Å². The Morgan fingerprint density at radius 3 is 2.07 bits per heavy atom. The molecule has 0 heterocycles. The van der Waals surface area contributed by atoms with E-state index >= 15 is 0 Å². The number of hydrogen-bond acceptors (Lipinski definition) is 6. The highest BCUT2D eigenvalue weighted by atomic mass is 19.3. The molecule has 0 aliphatic rings. The second-order valence-electron chi connectivity index (χ2n) is 6.99. The minimum absolute atomic E-state index is 0. The van der Waals surface area contributed by atoms with Gasteiger partial charge in [0.2, 0.25) is 5.78 Å². The number of hydrogen-bond donors (Lipinski definition) is 1. The number of esters is 1. The summed E-state index contributed by atoms with van der Waals surface area (Å²) >= 11 is 0. The highest BCUT2D eigenvalue weighted by Crippen LogP contribution is 2.12. The van der Waals surface area contributed by atoms with E-state index in [-0.39, 0.29) is 19.4 Å². The Balaban J connectivity index is 0.00000784. The molecule has 1 N–H and O–H groups in total. The summed E-state index contributed by atoms with van der Waals surface area (Å²) in [5.74, 6) is -2.86. The number of methoxy groups -OCH3 is 1. The van der Waals surface area contributed by atoms with Crippen molar-refractivity contribution in [3.05, 3.63) is 35.4 Å². The van der Waals surface area contributed by atoms with Gasteiger partial charge in [-0.3, -0.25) is 9.59 Å². The summed E-state index contributed by atoms with van der Waals surface area (Å²) in [7, 11) is 1.17. The van der Waals surface area contributed by atoms with Gasteiger partial charge in [-0.05, 0) is 26.3 Å². The number of benzene rings is 1. The van der Waals surface area contributed by atoms with Gasteiger partial charge in [-0.15, -0.1) is 0 Å². The van der Waals surface area contributed by atoms with E-state index in [1.807, 2.05) is 0 Å². The zero-order chi connectivity index (χ0) is 21.5. The SMILES string of the molecule is C.COC(=O)C(Cc1ccc(C(=O)CC(=O)C(F)F)cc1)NC(=O)OC(C)(C)C. The lowest BCUT2D eigenvalue weighted by Crippen LogP contribution is -2.45. The minimum atomic E-state index is -3.19. The lowest BCUT2D eigenvalue weighted by atomic mass is 10.0. The number of ether oxygens (including phenoxy) is 2. The highest BCUT2D eigenvalue weighted by molar-refractivity contribution is 6.08. The van der Waals surface area contributed by atoms with Gasteiger partial charge < -0.3 is 14.8 Å². The summed E-state index contributed by atoms with van der Waals surface area (Å²) in [6.07, 6.45) is -4.82. The van der Waals surface area contributed by atoms with Crippen molar-refractivity contribution in [1.29, 1.82) is 0 Å². The Morgan fingerprint density at radius 1 is 1.07 bits per heavy atom. The maximum absolute atomic E-state index is 12.2. The topological polar surface area (TPSA) is 98.8 Å². The summed E-state index contributed by atoms with van der Waals surface area (Å²) in [5, 5.41) is 2.42. The smallest absolute Gasteiger partial charge is 0.408 e. The van der Waals surface area contributed by atoms with Crippen molar-refractivity contribution in [3.63, 3.8) is 0 Å². The Kier molecular flexibility index (Phi) is 10.1. The number of alkyl carbamates (subject to hydrolysis) is 1. The van der Waals surface area contributed by atoms with Gasteiger partial charge in [0, 0.05) is 12.0 Å². The number of carbonyl (C=O) groups is 4. The zero-order valence-corrected chi connectivity index (χ0v) is 16.1. The van der Waals surface area contributed by atoms with Gasteiger partial charge in [-0.25, -0.2) is 18.4 Å². The van der Waals surface area contributed by atoms with Crippen LogP contribution < -0.4 is 5.32 Å². The molecule has 0 aliphatic heterocycles. The van der Waals surface area contributed by atoms with E-state index in [1.54, 1.807) is 20.8 Å². The zero-order valence-electron chi connectivity index (χ0n) is 16.1. The number of rotatable bonds is 8. The van der Waals surface area contributed by atoms with Crippen LogP contribution in [0.15, 0.2) is 24.3 Å². The Morgan fingerprint density at radius 2 is 1.62 bits per heavy atom. The Bertz CT molecular complexity index is 725. The molecule has 1 aromatic carbocycles. The van der Waals surface area contributed by atoms with Gasteiger partial charge >= 0.3 is 12.1 Å². The molecule has 0 aromatic heterocycles. The molecule has 0 saturated heterocycles. The molecule has 1 amide bonds. The maximum Gasteiger partial charge on any atom is 0.408 e. The third kappa shape index (κ3) is 9.27. The number of halogens is 2. The molecular weight excluding hydrogens is 388 g/mol. The normalized spacial score (nSPS) is 11.8. The second kappa shape index (κ2) is 11.2. The largest absolute Gasteiger partial charge is 0.467 e. The van der Waals surface area contributed by atoms with Gasteiger partial charge in [0.1, 0.15) is 11.6 Å². The lowest BCUT2D eigenvalue weighted by Gasteiger charge is -2.22. The van der Waals surface area contributed by atoms with Crippen molar-refractivity contribution in [2.24, 2.45) is 0 Å². The van der Waals surface area contributed by atoms with Crippen molar-refractivity contribution in [3.8, 4) is 0 Å². The quantitative estimate of drug-likeness (QED) is 0.397. The molecule has 1 aromatic rings. The van der Waals surface area contributed by atoms with Crippen molar-refractivity contribution in [1.82, 2.24) is 5.32 Å². The van der Waals surface area contributed by atoms with Gasteiger partial charge in [0.25, 0.3) is 6.43 Å². The van der Waals surface area contributed by atoms with Crippen LogP contribution in [0.25, 0.3) is 0 Å². The molecule has 7 nitrogen and oxygen atoms in total. The van der Waals surface area contributed by atoms with E-state index in [2.05, 4.69) is 10.1 Å². The maximum atomic E-state index is 12.2. The molecular formula is C20H27F2NO6. The molecule has 162 valence electrons. The highest BCUT2D eigenvalue weighted by Gasteiger charge is 2.25. The second-order valence-corrected chi connectivity index (χ2v) is 6.99. The minimum Gasteiger partial charge on any atom is -0.467 e. The van der Waals surface area contributed by atoms with Crippen LogP contribution in [0.1, 0.15) is 50.5 Å². The molecule has 0 fully saturated rings. The molecule has 29 heavy (non-hydrogen) atoms. The van der Waals surface area contributed by atoms with Crippen LogP contribution >= 0.6 is 0 Å². The molecule has 9 heteroatoms. The van der Waals surface area contributed by atoms with E-state index in [9.17, 15) is 28.0 Å². The van der Waals surface area contributed by atoms with Crippen molar-refractivity contribution in [2.75, 3.05) is 7.11 Å². The third-order valence-electron chi connectivity index (χ3n) is 3.47. The Hall–Kier alpha value is -2.84. The first-order chi connectivity index (χ1) is 12.9. The first kappa shape index (κ1) is 26.2. The van der Waals surface area contributed by atoms with Crippen LogP contribution in [-0.4, -0.2) is 48.8 Å². The first-order valence-electron chi connectivity index (χ1n) is 8.43. The van der Waals surface area contributed by atoms with Crippen LogP contribution in [0.3, 0.4) is 0 Å². The number of ketones is 2. The van der Waals surface area contributed by atoms with Gasteiger partial charge in [-0.2, -0.15) is 0 Å². The first-order valence-corrected chi connectivity index (χ1v) is 8.43. The van der Waals surface area contributed by atoms with Crippen LogP contribution in [0.2, 0.25) is 0 Å². The Labute approximate surface area is 168 Å². The average Bonchev–Trinajstić information content (AvgIpc) is 2.59. The van der Waals surface area contributed by atoms with E-state index in [0.717, 1.165) is 0 Å². The molecule has 0 saturated carbocycles. The number of alkyl halides is 2. The average molecular weight is 415 g/mol. The van der Waals surface area contributed by atoms with Crippen molar-refractivity contribution < 1.29 is 37.4 Å². The summed E-state index contributed by atoms with van der Waals surface area (Å²) in [5.41, 5.74) is -0.0849. The molecule has 1 atom stereocenters. The van der Waals surface area contributed by atoms with Crippen LogP contribution in [-0.2, 0) is 25.5 Å². The fraction of sp³-hybridized carbons (Fsp3) is 0.500. The number of Topliss-reactive ketones (excluding diaryl/α,β-unsaturated/α-hetero) is 2. The fourth-order valence-electron chi connectivity index (χ4n) is 2.19. The fourth-order valence-corrected chi connectivity index (χ4v) is 2.19. The molecule has 0 radical (unpaired) electrons. The van der Waals surface area contributed by atoms with E-state index < -0.39 is 48.1 Å². The number of amides is 1. The number of carbonyl (C=O) groups excluding carboxylic acids is 4. The number of nitrogens with one attached hydrogen (secondary N) is 1. The van der Waals surface area contributed by atoms with Crippen molar-refractivity contribution >= 4 is 23.6 Å². The van der Waals surface area contributed by atoms with Gasteiger partial charge in [0.15, 0.2) is 5.78 Å². The monoisotopic (exact) mass is 415 g/mol. The molecule has 0 spiro atoms. The van der Waals surface area contributed by atoms with E-state index in [1.165, 1.54) is 31.4 Å². The van der Waals surface area contributed by atoms with Gasteiger partial charge in [0.05, 0.1) is 13.5 Å². The predicted octanol–water partition coefficient (Wildman–Crippen LogP) is 3.34. The molecule has 0 aliphatic carbocycles. The van der Waals surface area contributed by atoms with Crippen molar-refractivity contribution in [2.45, 2.75) is 59.1 Å².